The first-order chi connectivity index (χ1) is 11.9. The van der Waals surface area contributed by atoms with Crippen molar-refractivity contribution in [3.8, 4) is 0 Å². The van der Waals surface area contributed by atoms with E-state index in [0.717, 1.165) is 10.5 Å². The van der Waals surface area contributed by atoms with E-state index in [1.54, 1.807) is 0 Å². The molecule has 0 aliphatic heterocycles. The molecule has 0 atom stereocenters. The topological polar surface area (TPSA) is 55.4 Å². The van der Waals surface area contributed by atoms with Crippen LogP contribution in [0, 0.1) is 6.92 Å². The molecule has 0 unspecified atom stereocenters. The van der Waals surface area contributed by atoms with Crippen LogP contribution in [-0.4, -0.2) is 24.2 Å². The fourth-order valence-electron chi connectivity index (χ4n) is 1.88. The van der Waals surface area contributed by atoms with Crippen molar-refractivity contribution in [1.29, 1.82) is 0 Å². The third kappa shape index (κ3) is 6.12. The van der Waals surface area contributed by atoms with Crippen molar-refractivity contribution in [2.45, 2.75) is 11.8 Å². The molecular formula is C17H14Cl3NO3S. The molecule has 1 N–H and O–H groups in total. The SMILES string of the molecule is Cc1ccccc1SCC(=O)OCC(=O)Nc1c(Cl)cc(Cl)cc1Cl. The fourth-order valence-corrected chi connectivity index (χ4v) is 3.62. The zero-order valence-corrected chi connectivity index (χ0v) is 16.2. The minimum Gasteiger partial charge on any atom is -0.455 e. The minimum absolute atomic E-state index is 0.112. The number of amides is 1. The van der Waals surface area contributed by atoms with Crippen molar-refractivity contribution in [1.82, 2.24) is 0 Å². The molecule has 132 valence electrons. The zero-order chi connectivity index (χ0) is 18.4. The maximum Gasteiger partial charge on any atom is 0.316 e. The average Bonchev–Trinajstić information content (AvgIpc) is 2.55. The van der Waals surface area contributed by atoms with E-state index in [1.165, 1.54) is 23.9 Å². The molecule has 2 aromatic carbocycles. The largest absolute Gasteiger partial charge is 0.455 e. The van der Waals surface area contributed by atoms with E-state index in [9.17, 15) is 9.59 Å². The highest BCUT2D eigenvalue weighted by molar-refractivity contribution is 8.00. The Bertz CT molecular complexity index is 775. The van der Waals surface area contributed by atoms with Gasteiger partial charge in [0.2, 0.25) is 0 Å². The van der Waals surface area contributed by atoms with Crippen LogP contribution in [0.4, 0.5) is 5.69 Å². The van der Waals surface area contributed by atoms with E-state index >= 15 is 0 Å². The van der Waals surface area contributed by atoms with E-state index in [4.69, 9.17) is 39.5 Å². The Labute approximate surface area is 164 Å². The molecule has 0 saturated heterocycles. The fraction of sp³-hybridized carbons (Fsp3) is 0.176. The highest BCUT2D eigenvalue weighted by Gasteiger charge is 2.13. The van der Waals surface area contributed by atoms with Crippen LogP contribution in [0.15, 0.2) is 41.3 Å². The molecule has 8 heteroatoms. The lowest BCUT2D eigenvalue weighted by Gasteiger charge is -2.10. The molecule has 0 aliphatic carbocycles. The quantitative estimate of drug-likeness (QED) is 0.515. The van der Waals surface area contributed by atoms with Crippen molar-refractivity contribution in [3.63, 3.8) is 0 Å². The van der Waals surface area contributed by atoms with Gasteiger partial charge in [-0.3, -0.25) is 9.59 Å². The van der Waals surface area contributed by atoms with Gasteiger partial charge in [0.25, 0.3) is 5.91 Å². The van der Waals surface area contributed by atoms with E-state index in [2.05, 4.69) is 5.32 Å². The Morgan fingerprint density at radius 3 is 2.40 bits per heavy atom. The van der Waals surface area contributed by atoms with Gasteiger partial charge < -0.3 is 10.1 Å². The number of aryl methyl sites for hydroxylation is 1. The number of nitrogens with one attached hydrogen (secondary N) is 1. The predicted molar refractivity (Wildman–Crippen MR) is 103 cm³/mol. The summed E-state index contributed by atoms with van der Waals surface area (Å²) in [5, 5.41) is 3.26. The third-order valence-electron chi connectivity index (χ3n) is 3.07. The first kappa shape index (κ1) is 19.9. The number of anilines is 1. The second-order valence-electron chi connectivity index (χ2n) is 5.01. The number of rotatable bonds is 6. The summed E-state index contributed by atoms with van der Waals surface area (Å²) in [4.78, 5) is 24.6. The Morgan fingerprint density at radius 1 is 1.12 bits per heavy atom. The molecule has 0 heterocycles. The van der Waals surface area contributed by atoms with Gasteiger partial charge >= 0.3 is 5.97 Å². The summed E-state index contributed by atoms with van der Waals surface area (Å²) in [5.41, 5.74) is 1.30. The Hall–Kier alpha value is -1.40. The van der Waals surface area contributed by atoms with Gasteiger partial charge in [-0.1, -0.05) is 53.0 Å². The summed E-state index contributed by atoms with van der Waals surface area (Å²) < 4.78 is 4.96. The van der Waals surface area contributed by atoms with Gasteiger partial charge in [-0.2, -0.15) is 0 Å². The Balaban J connectivity index is 1.82. The molecule has 0 bridgehead atoms. The maximum absolute atomic E-state index is 11.9. The van der Waals surface area contributed by atoms with E-state index in [0.29, 0.717) is 5.02 Å². The van der Waals surface area contributed by atoms with Crippen molar-refractivity contribution in [3.05, 3.63) is 57.0 Å². The molecular weight excluding hydrogens is 405 g/mol. The molecule has 0 aromatic heterocycles. The Morgan fingerprint density at radius 2 is 1.76 bits per heavy atom. The van der Waals surface area contributed by atoms with Gasteiger partial charge in [-0.15, -0.1) is 11.8 Å². The summed E-state index contributed by atoms with van der Waals surface area (Å²) in [6.45, 7) is 1.53. The monoisotopic (exact) mass is 417 g/mol. The van der Waals surface area contributed by atoms with Gasteiger partial charge in [0.05, 0.1) is 21.5 Å². The average molecular weight is 419 g/mol. The van der Waals surface area contributed by atoms with Crippen LogP contribution in [0.5, 0.6) is 0 Å². The lowest BCUT2D eigenvalue weighted by atomic mass is 10.2. The number of thioether (sulfide) groups is 1. The summed E-state index contributed by atoms with van der Waals surface area (Å²) in [6, 6.07) is 10.6. The highest BCUT2D eigenvalue weighted by atomic mass is 35.5. The summed E-state index contributed by atoms with van der Waals surface area (Å²) in [7, 11) is 0. The summed E-state index contributed by atoms with van der Waals surface area (Å²) in [5.74, 6) is -0.919. The second-order valence-corrected chi connectivity index (χ2v) is 7.28. The van der Waals surface area contributed by atoms with Crippen molar-refractivity contribution in [2.75, 3.05) is 17.7 Å². The normalized spacial score (nSPS) is 10.4. The van der Waals surface area contributed by atoms with Crippen LogP contribution in [0.1, 0.15) is 5.56 Å². The van der Waals surface area contributed by atoms with Crippen LogP contribution in [0.3, 0.4) is 0 Å². The second kappa shape index (κ2) is 9.34. The third-order valence-corrected chi connectivity index (χ3v) is 5.04. The zero-order valence-electron chi connectivity index (χ0n) is 13.1. The Kier molecular flexibility index (Phi) is 7.44. The minimum atomic E-state index is -0.541. The lowest BCUT2D eigenvalue weighted by Crippen LogP contribution is -2.22. The maximum atomic E-state index is 11.9. The molecule has 2 aromatic rings. The van der Waals surface area contributed by atoms with Crippen LogP contribution in [0.25, 0.3) is 0 Å². The number of halogens is 3. The first-order valence-corrected chi connectivity index (χ1v) is 9.27. The van der Waals surface area contributed by atoms with Gasteiger partial charge in [0, 0.05) is 9.92 Å². The van der Waals surface area contributed by atoms with Crippen LogP contribution >= 0.6 is 46.6 Å². The van der Waals surface area contributed by atoms with Crippen molar-refractivity contribution >= 4 is 64.1 Å². The van der Waals surface area contributed by atoms with Crippen molar-refractivity contribution < 1.29 is 14.3 Å². The lowest BCUT2D eigenvalue weighted by molar-refractivity contribution is -0.144. The number of esters is 1. The van der Waals surface area contributed by atoms with Crippen LogP contribution in [0.2, 0.25) is 15.1 Å². The van der Waals surface area contributed by atoms with Crippen LogP contribution < -0.4 is 5.32 Å². The molecule has 0 saturated carbocycles. The molecule has 2 rings (SSSR count). The number of hydrogen-bond donors (Lipinski definition) is 1. The van der Waals surface area contributed by atoms with E-state index in [-0.39, 0.29) is 21.5 Å². The predicted octanol–water partition coefficient (Wildman–Crippen LogP) is 5.23. The van der Waals surface area contributed by atoms with Crippen LogP contribution in [-0.2, 0) is 14.3 Å². The number of carbonyl (C=O) groups is 2. The molecule has 4 nitrogen and oxygen atoms in total. The molecule has 25 heavy (non-hydrogen) atoms. The van der Waals surface area contributed by atoms with Gasteiger partial charge in [0.1, 0.15) is 0 Å². The standard InChI is InChI=1S/C17H14Cl3NO3S/c1-10-4-2-3-5-14(10)25-9-16(23)24-8-15(22)21-17-12(19)6-11(18)7-13(17)20/h2-7H,8-9H2,1H3,(H,21,22). The number of hydrogen-bond acceptors (Lipinski definition) is 4. The molecule has 1 amide bonds. The van der Waals surface area contributed by atoms with E-state index in [1.807, 2.05) is 31.2 Å². The van der Waals surface area contributed by atoms with Gasteiger partial charge in [-0.05, 0) is 30.7 Å². The number of ether oxygens (including phenoxy) is 1. The first-order valence-electron chi connectivity index (χ1n) is 7.15. The summed E-state index contributed by atoms with van der Waals surface area (Å²) >= 11 is 19.1. The molecule has 0 radical (unpaired) electrons. The molecule has 0 spiro atoms. The number of benzene rings is 2. The van der Waals surface area contributed by atoms with Crippen molar-refractivity contribution in [2.24, 2.45) is 0 Å². The van der Waals surface area contributed by atoms with E-state index < -0.39 is 18.5 Å². The molecule has 0 fully saturated rings. The van der Waals surface area contributed by atoms with Gasteiger partial charge in [0.15, 0.2) is 6.61 Å². The highest BCUT2D eigenvalue weighted by Crippen LogP contribution is 2.33. The summed E-state index contributed by atoms with van der Waals surface area (Å²) in [6.07, 6.45) is 0. The number of carbonyl (C=O) groups excluding carboxylic acids is 2. The smallest absolute Gasteiger partial charge is 0.316 e. The molecule has 0 aliphatic rings. The van der Waals surface area contributed by atoms with Gasteiger partial charge in [-0.25, -0.2) is 0 Å².